The molecule has 0 fully saturated rings. The molecule has 0 saturated heterocycles. The highest BCUT2D eigenvalue weighted by Gasteiger charge is 2.42. The largest absolute Gasteiger partial charge is 0.494 e. The number of sulfone groups is 1. The third-order valence-electron chi connectivity index (χ3n) is 7.28. The van der Waals surface area contributed by atoms with E-state index in [0.717, 1.165) is 12.1 Å². The van der Waals surface area contributed by atoms with Crippen LogP contribution in [0.4, 0.5) is 8.78 Å². The predicted octanol–water partition coefficient (Wildman–Crippen LogP) is 7.83. The molecule has 3 aromatic carbocycles. The van der Waals surface area contributed by atoms with E-state index in [1.54, 1.807) is 58.0 Å². The van der Waals surface area contributed by atoms with E-state index in [2.05, 4.69) is 0 Å². The lowest BCUT2D eigenvalue weighted by molar-refractivity contribution is -0.155. The average molecular weight is 619 g/mol. The molecule has 0 N–H and O–H groups in total. The van der Waals surface area contributed by atoms with E-state index < -0.39 is 44.2 Å². The number of fused-ring (bicyclic) bond motifs is 1. The highest BCUT2D eigenvalue weighted by Crippen LogP contribution is 2.46. The Hall–Kier alpha value is -3.43. The lowest BCUT2D eigenvalue weighted by Gasteiger charge is -2.35. The van der Waals surface area contributed by atoms with Crippen LogP contribution >= 0.6 is 11.6 Å². The number of methoxy groups -OCH3 is 1. The zero-order valence-electron chi connectivity index (χ0n) is 24.0. The van der Waals surface area contributed by atoms with Crippen molar-refractivity contribution in [2.24, 2.45) is 5.41 Å². The van der Waals surface area contributed by atoms with Gasteiger partial charge >= 0.3 is 5.97 Å². The summed E-state index contributed by atoms with van der Waals surface area (Å²) in [6.45, 7) is 7.10. The summed E-state index contributed by atoms with van der Waals surface area (Å²) in [7, 11) is -2.84. The third kappa shape index (κ3) is 6.47. The van der Waals surface area contributed by atoms with Crippen LogP contribution in [0.2, 0.25) is 5.02 Å². The second-order valence-corrected chi connectivity index (χ2v) is 13.4. The number of carbonyl (C=O) groups is 1. The maximum absolute atomic E-state index is 14.6. The Kier molecular flexibility index (Phi) is 9.33. The van der Waals surface area contributed by atoms with E-state index in [9.17, 15) is 22.0 Å². The first-order valence-electron chi connectivity index (χ1n) is 13.5. The summed E-state index contributed by atoms with van der Waals surface area (Å²) in [5.74, 6) is -1.43. The van der Waals surface area contributed by atoms with E-state index >= 15 is 0 Å². The zero-order valence-corrected chi connectivity index (χ0v) is 25.6. The first kappa shape index (κ1) is 31.5. The second kappa shape index (κ2) is 12.4. The Balaban J connectivity index is 1.80. The van der Waals surface area contributed by atoms with Crippen LogP contribution in [0, 0.1) is 17.0 Å². The third-order valence-corrected chi connectivity index (χ3v) is 9.70. The van der Waals surface area contributed by atoms with Gasteiger partial charge in [-0.15, -0.1) is 0 Å². The van der Waals surface area contributed by atoms with E-state index in [4.69, 9.17) is 25.8 Å². The molecule has 2 atom stereocenters. The average Bonchev–Trinajstić information content (AvgIpc) is 2.92. The molecule has 1 heterocycles. The minimum atomic E-state index is -4.10. The van der Waals surface area contributed by atoms with Crippen LogP contribution < -0.4 is 9.47 Å². The highest BCUT2D eigenvalue weighted by molar-refractivity contribution is 7.91. The summed E-state index contributed by atoms with van der Waals surface area (Å²) in [6, 6.07) is 12.9. The van der Waals surface area contributed by atoms with Gasteiger partial charge in [-0.1, -0.05) is 29.8 Å². The standard InChI is InChI=1S/C32H33ClF2O6S/c1-6-40-31(36)32(3,4)18-21-16-29(42(37,38)22-11-12-25(34)28(17-22)39-5)23-15-20(10-13-27(23)41-21)14-19(2)30-24(33)8-7-9-26(30)35/h7-15,17,21,29H,6,16,18H2,1-5H3/b19-14+. The Morgan fingerprint density at radius 3 is 2.52 bits per heavy atom. The SMILES string of the molecule is CCOC(=O)C(C)(C)CC1CC(S(=O)(=O)c2ccc(F)c(OC)c2)c2cc(/C=C(\C)c3c(F)cccc3Cl)ccc2O1. The van der Waals surface area contributed by atoms with E-state index in [0.29, 0.717) is 22.4 Å². The minimum absolute atomic E-state index is 0.0309. The van der Waals surface area contributed by atoms with Gasteiger partial charge in [0.05, 0.1) is 34.3 Å². The maximum atomic E-state index is 14.6. The molecule has 2 unspecified atom stereocenters. The van der Waals surface area contributed by atoms with Crippen LogP contribution in [0.3, 0.4) is 0 Å². The molecule has 10 heteroatoms. The van der Waals surface area contributed by atoms with Gasteiger partial charge in [0.25, 0.3) is 0 Å². The first-order valence-corrected chi connectivity index (χ1v) is 15.4. The molecule has 1 aliphatic rings. The van der Waals surface area contributed by atoms with Crippen LogP contribution in [0.15, 0.2) is 59.5 Å². The van der Waals surface area contributed by atoms with Crippen molar-refractivity contribution in [1.29, 1.82) is 0 Å². The summed E-state index contributed by atoms with van der Waals surface area (Å²) in [6.07, 6.45) is 1.31. The fourth-order valence-electron chi connectivity index (χ4n) is 5.18. The summed E-state index contributed by atoms with van der Waals surface area (Å²) < 4.78 is 73.5. The van der Waals surface area contributed by atoms with E-state index in [-0.39, 0.29) is 40.7 Å². The highest BCUT2D eigenvalue weighted by atomic mass is 35.5. The van der Waals surface area contributed by atoms with Gasteiger partial charge < -0.3 is 14.2 Å². The molecule has 6 nitrogen and oxygen atoms in total. The molecule has 0 saturated carbocycles. The molecule has 0 bridgehead atoms. The molecular weight excluding hydrogens is 586 g/mol. The monoisotopic (exact) mass is 618 g/mol. The molecule has 0 amide bonds. The molecule has 42 heavy (non-hydrogen) atoms. The number of hydrogen-bond donors (Lipinski definition) is 0. The molecule has 3 aromatic rings. The molecule has 0 radical (unpaired) electrons. The van der Waals surface area contributed by atoms with Crippen LogP contribution in [0.5, 0.6) is 11.5 Å². The molecule has 224 valence electrons. The molecule has 0 aromatic heterocycles. The Labute approximate surface area is 250 Å². The number of allylic oxidation sites excluding steroid dienone is 1. The minimum Gasteiger partial charge on any atom is -0.494 e. The number of esters is 1. The Morgan fingerprint density at radius 1 is 1.12 bits per heavy atom. The Bertz CT molecular complexity index is 1610. The summed E-state index contributed by atoms with van der Waals surface area (Å²) in [4.78, 5) is 12.5. The number of halogens is 3. The van der Waals surface area contributed by atoms with Gasteiger partial charge in [0.2, 0.25) is 0 Å². The maximum Gasteiger partial charge on any atom is 0.311 e. The predicted molar refractivity (Wildman–Crippen MR) is 158 cm³/mol. The fraction of sp³-hybridized carbons (Fsp3) is 0.344. The van der Waals surface area contributed by atoms with Crippen molar-refractivity contribution in [2.45, 2.75) is 56.8 Å². The Morgan fingerprint density at radius 2 is 1.86 bits per heavy atom. The zero-order chi connectivity index (χ0) is 30.8. The molecule has 0 spiro atoms. The van der Waals surface area contributed by atoms with Gasteiger partial charge in [0, 0.05) is 23.6 Å². The van der Waals surface area contributed by atoms with Crippen LogP contribution in [-0.4, -0.2) is 34.2 Å². The normalized spacial score (nSPS) is 17.3. The molecule has 0 aliphatic carbocycles. The quantitative estimate of drug-likeness (QED) is 0.138. The lowest BCUT2D eigenvalue weighted by Crippen LogP contribution is -2.37. The van der Waals surface area contributed by atoms with Crippen molar-refractivity contribution >= 4 is 39.1 Å². The van der Waals surface area contributed by atoms with Gasteiger partial charge in [0.15, 0.2) is 21.4 Å². The molecule has 1 aliphatic heterocycles. The second-order valence-electron chi connectivity index (χ2n) is 10.8. The number of ether oxygens (including phenoxy) is 3. The van der Waals surface area contributed by atoms with Crippen molar-refractivity contribution in [2.75, 3.05) is 13.7 Å². The topological polar surface area (TPSA) is 78.9 Å². The van der Waals surface area contributed by atoms with Gasteiger partial charge in [-0.05, 0) is 81.7 Å². The summed E-state index contributed by atoms with van der Waals surface area (Å²) in [5, 5.41) is -0.840. The summed E-state index contributed by atoms with van der Waals surface area (Å²) in [5.41, 5.74) is 0.856. The van der Waals surface area contributed by atoms with E-state index in [1.165, 1.54) is 25.3 Å². The van der Waals surface area contributed by atoms with Gasteiger partial charge in [-0.2, -0.15) is 0 Å². The van der Waals surface area contributed by atoms with Gasteiger partial charge in [-0.25, -0.2) is 17.2 Å². The number of carbonyl (C=O) groups excluding carboxylic acids is 1. The first-order chi connectivity index (χ1) is 19.8. The van der Waals surface area contributed by atoms with Crippen molar-refractivity contribution in [3.05, 3.63) is 87.9 Å². The van der Waals surface area contributed by atoms with Crippen molar-refractivity contribution in [3.63, 3.8) is 0 Å². The lowest BCUT2D eigenvalue weighted by atomic mass is 9.84. The van der Waals surface area contributed by atoms with Crippen molar-refractivity contribution in [3.8, 4) is 11.5 Å². The fourth-order valence-corrected chi connectivity index (χ4v) is 7.34. The summed E-state index contributed by atoms with van der Waals surface area (Å²) >= 11 is 6.25. The van der Waals surface area contributed by atoms with Crippen molar-refractivity contribution < 1.29 is 36.2 Å². The van der Waals surface area contributed by atoms with Crippen molar-refractivity contribution in [1.82, 2.24) is 0 Å². The van der Waals surface area contributed by atoms with Crippen LogP contribution in [-0.2, 0) is 19.4 Å². The molecule has 4 rings (SSSR count). The van der Waals surface area contributed by atoms with Gasteiger partial charge in [0.1, 0.15) is 17.7 Å². The number of hydrogen-bond acceptors (Lipinski definition) is 6. The number of rotatable bonds is 9. The smallest absolute Gasteiger partial charge is 0.311 e. The number of benzene rings is 3. The van der Waals surface area contributed by atoms with Crippen LogP contribution in [0.25, 0.3) is 11.6 Å². The van der Waals surface area contributed by atoms with Gasteiger partial charge in [-0.3, -0.25) is 4.79 Å². The molecular formula is C32H33ClF2O6S. The van der Waals surface area contributed by atoms with Crippen LogP contribution in [0.1, 0.15) is 62.5 Å². The van der Waals surface area contributed by atoms with E-state index in [1.807, 2.05) is 0 Å².